The number of nitrogens with two attached hydrogens (primary N) is 1. The lowest BCUT2D eigenvalue weighted by atomic mass is 10.0. The molecule has 0 unspecified atom stereocenters. The van der Waals surface area contributed by atoms with Crippen molar-refractivity contribution in [3.05, 3.63) is 83.7 Å². The number of fused-ring (bicyclic) bond motifs is 1. The maximum Gasteiger partial charge on any atom is 0.387 e. The number of carbonyl (C=O) groups is 1. The summed E-state index contributed by atoms with van der Waals surface area (Å²) in [5.74, 6) is -0.737. The fourth-order valence-corrected chi connectivity index (χ4v) is 2.44. The number of hydrogen-bond donors (Lipinski definition) is 2. The molecule has 3 aromatic carbocycles. The van der Waals surface area contributed by atoms with Gasteiger partial charge >= 0.3 is 5.97 Å². The SMILES string of the molecule is NC(Cc1cccc2ccccc12)=[NH+]OC(=O)c1ccc(F)cc1. The van der Waals surface area contributed by atoms with Crippen LogP contribution in [-0.2, 0) is 11.3 Å². The second-order valence-electron chi connectivity index (χ2n) is 5.34. The maximum absolute atomic E-state index is 12.8. The first kappa shape index (κ1) is 15.7. The lowest BCUT2D eigenvalue weighted by Gasteiger charge is -2.04. The molecule has 0 amide bonds. The van der Waals surface area contributed by atoms with Crippen LogP contribution < -0.4 is 10.9 Å². The van der Waals surface area contributed by atoms with Gasteiger partial charge in [0.1, 0.15) is 5.82 Å². The highest BCUT2D eigenvalue weighted by atomic mass is 19.1. The van der Waals surface area contributed by atoms with Gasteiger partial charge < -0.3 is 0 Å². The van der Waals surface area contributed by atoms with Gasteiger partial charge in [0.2, 0.25) is 0 Å². The van der Waals surface area contributed by atoms with Crippen LogP contribution in [0.25, 0.3) is 10.8 Å². The molecule has 0 aromatic heterocycles. The third-order valence-corrected chi connectivity index (χ3v) is 3.62. The fourth-order valence-electron chi connectivity index (χ4n) is 2.44. The molecule has 0 aliphatic rings. The second-order valence-corrected chi connectivity index (χ2v) is 5.34. The predicted molar refractivity (Wildman–Crippen MR) is 89.6 cm³/mol. The number of amidine groups is 1. The summed E-state index contributed by atoms with van der Waals surface area (Å²) >= 11 is 0. The topological polar surface area (TPSA) is 66.3 Å². The van der Waals surface area contributed by atoms with Crippen LogP contribution in [-0.4, -0.2) is 11.8 Å². The monoisotopic (exact) mass is 323 g/mol. The molecule has 24 heavy (non-hydrogen) atoms. The summed E-state index contributed by atoms with van der Waals surface area (Å²) in [6.07, 6.45) is 0.415. The first-order valence-electron chi connectivity index (χ1n) is 7.44. The first-order valence-corrected chi connectivity index (χ1v) is 7.44. The van der Waals surface area contributed by atoms with Crippen LogP contribution >= 0.6 is 0 Å². The largest absolute Gasteiger partial charge is 0.387 e. The average molecular weight is 323 g/mol. The van der Waals surface area contributed by atoms with Crippen LogP contribution in [0.5, 0.6) is 0 Å². The van der Waals surface area contributed by atoms with E-state index in [1.165, 1.54) is 24.3 Å². The molecule has 0 saturated carbocycles. The van der Waals surface area contributed by atoms with Gasteiger partial charge in [0.15, 0.2) is 0 Å². The van der Waals surface area contributed by atoms with Crippen LogP contribution in [0.1, 0.15) is 15.9 Å². The molecule has 0 aliphatic heterocycles. The number of nitrogens with one attached hydrogen (secondary N) is 1. The van der Waals surface area contributed by atoms with E-state index in [2.05, 4.69) is 5.16 Å². The summed E-state index contributed by atoms with van der Waals surface area (Å²) < 4.78 is 12.8. The Labute approximate surface area is 138 Å². The van der Waals surface area contributed by atoms with Gasteiger partial charge in [0.05, 0.1) is 12.0 Å². The Bertz CT molecular complexity index is 899. The van der Waals surface area contributed by atoms with E-state index >= 15 is 0 Å². The molecule has 0 radical (unpaired) electrons. The number of halogens is 1. The molecule has 0 fully saturated rings. The molecule has 0 aliphatic carbocycles. The molecule has 3 N–H and O–H groups in total. The molecule has 0 atom stereocenters. The van der Waals surface area contributed by atoms with E-state index in [0.717, 1.165) is 16.3 Å². The van der Waals surface area contributed by atoms with Crippen molar-refractivity contribution < 1.29 is 19.2 Å². The number of rotatable bonds is 4. The number of carbonyl (C=O) groups excluding carboxylic acids is 1. The van der Waals surface area contributed by atoms with Crippen molar-refractivity contribution >= 4 is 22.6 Å². The molecular weight excluding hydrogens is 307 g/mol. The van der Waals surface area contributed by atoms with Crippen molar-refractivity contribution in [3.8, 4) is 0 Å². The molecule has 0 bridgehead atoms. The third kappa shape index (κ3) is 3.57. The van der Waals surface area contributed by atoms with Crippen LogP contribution in [0.2, 0.25) is 0 Å². The number of hydrogen-bond acceptors (Lipinski definition) is 2. The van der Waals surface area contributed by atoms with Crippen LogP contribution in [0, 0.1) is 5.82 Å². The Morgan fingerprint density at radius 2 is 1.71 bits per heavy atom. The third-order valence-electron chi connectivity index (χ3n) is 3.62. The molecule has 0 spiro atoms. The Morgan fingerprint density at radius 3 is 2.50 bits per heavy atom. The number of benzene rings is 3. The van der Waals surface area contributed by atoms with Gasteiger partial charge in [-0.25, -0.2) is 9.18 Å². The molecular formula is C19H16FN2O2+. The van der Waals surface area contributed by atoms with Gasteiger partial charge in [0, 0.05) is 0 Å². The van der Waals surface area contributed by atoms with Crippen molar-refractivity contribution in [1.82, 2.24) is 0 Å². The van der Waals surface area contributed by atoms with E-state index < -0.39 is 11.8 Å². The standard InChI is InChI=1S/C19H15FN2O2/c20-16-10-8-14(9-11-16)19(23)24-22-18(21)12-15-6-3-5-13-4-1-2-7-17(13)15/h1-11H,12H2,(H2,21,22)/p+1. The zero-order valence-electron chi connectivity index (χ0n) is 12.8. The zero-order chi connectivity index (χ0) is 16.9. The van der Waals surface area contributed by atoms with Crippen molar-refractivity contribution in [2.24, 2.45) is 5.73 Å². The van der Waals surface area contributed by atoms with Crippen molar-refractivity contribution in [3.63, 3.8) is 0 Å². The average Bonchev–Trinajstić information content (AvgIpc) is 2.61. The van der Waals surface area contributed by atoms with Gasteiger partial charge in [-0.3, -0.25) is 10.6 Å². The molecule has 3 rings (SSSR count). The summed E-state index contributed by atoms with van der Waals surface area (Å²) in [5, 5.41) is 4.67. The molecule has 0 saturated heterocycles. The lowest BCUT2D eigenvalue weighted by Crippen LogP contribution is -2.75. The van der Waals surface area contributed by atoms with Crippen molar-refractivity contribution in [2.45, 2.75) is 6.42 Å². The molecule has 4 nitrogen and oxygen atoms in total. The van der Waals surface area contributed by atoms with Gasteiger partial charge in [-0.1, -0.05) is 47.6 Å². The highest BCUT2D eigenvalue weighted by Crippen LogP contribution is 2.18. The quantitative estimate of drug-likeness (QED) is 0.333. The summed E-state index contributed by atoms with van der Waals surface area (Å²) in [5.41, 5.74) is 7.18. The summed E-state index contributed by atoms with van der Waals surface area (Å²) in [4.78, 5) is 16.8. The Morgan fingerprint density at radius 1 is 1.00 bits per heavy atom. The van der Waals surface area contributed by atoms with Gasteiger partial charge in [-0.2, -0.15) is 0 Å². The highest BCUT2D eigenvalue weighted by molar-refractivity contribution is 5.90. The van der Waals surface area contributed by atoms with Crippen LogP contribution in [0.15, 0.2) is 66.7 Å². The van der Waals surface area contributed by atoms with Crippen LogP contribution in [0.4, 0.5) is 4.39 Å². The lowest BCUT2D eigenvalue weighted by molar-refractivity contribution is -0.722. The van der Waals surface area contributed by atoms with E-state index in [-0.39, 0.29) is 5.56 Å². The Balaban J connectivity index is 1.72. The van der Waals surface area contributed by atoms with Crippen molar-refractivity contribution in [1.29, 1.82) is 0 Å². The van der Waals surface area contributed by atoms with E-state index in [4.69, 9.17) is 10.6 Å². The highest BCUT2D eigenvalue weighted by Gasteiger charge is 2.11. The first-order chi connectivity index (χ1) is 11.6. The fraction of sp³-hybridized carbons (Fsp3) is 0.0526. The second kappa shape index (κ2) is 6.91. The van der Waals surface area contributed by atoms with Gasteiger partial charge in [-0.05, 0) is 40.6 Å². The van der Waals surface area contributed by atoms with E-state index in [0.29, 0.717) is 12.3 Å². The van der Waals surface area contributed by atoms with Gasteiger partial charge in [-0.15, -0.1) is 0 Å². The van der Waals surface area contributed by atoms with Crippen LogP contribution in [0.3, 0.4) is 0 Å². The zero-order valence-corrected chi connectivity index (χ0v) is 12.8. The minimum absolute atomic E-state index is 0.238. The molecule has 120 valence electrons. The smallest absolute Gasteiger partial charge is 0.288 e. The summed E-state index contributed by atoms with van der Waals surface area (Å²) in [6.45, 7) is 0. The van der Waals surface area contributed by atoms with E-state index in [1.54, 1.807) is 0 Å². The van der Waals surface area contributed by atoms with E-state index in [1.807, 2.05) is 42.5 Å². The summed E-state index contributed by atoms with van der Waals surface area (Å²) in [6, 6.07) is 19.0. The van der Waals surface area contributed by atoms with Gasteiger partial charge in [0.25, 0.3) is 5.84 Å². The minimum Gasteiger partial charge on any atom is -0.288 e. The van der Waals surface area contributed by atoms with E-state index in [9.17, 15) is 9.18 Å². The Kier molecular flexibility index (Phi) is 4.52. The van der Waals surface area contributed by atoms with Crippen molar-refractivity contribution in [2.75, 3.05) is 0 Å². The molecule has 5 heteroatoms. The molecule has 0 heterocycles. The predicted octanol–water partition coefficient (Wildman–Crippen LogP) is 1.73. The molecule has 3 aromatic rings. The maximum atomic E-state index is 12.8. The summed E-state index contributed by atoms with van der Waals surface area (Å²) in [7, 11) is 0. The Hall–Kier alpha value is -3.21. The normalized spacial score (nSPS) is 11.5. The minimum atomic E-state index is -0.629.